The molecule has 1 aromatic heterocycles. The molecular formula is C12H18N4O4. The van der Waals surface area contributed by atoms with E-state index >= 15 is 0 Å². The summed E-state index contributed by atoms with van der Waals surface area (Å²) >= 11 is 0. The molecule has 8 nitrogen and oxygen atoms in total. The van der Waals surface area contributed by atoms with Gasteiger partial charge in [-0.25, -0.2) is 4.79 Å². The van der Waals surface area contributed by atoms with Crippen LogP contribution in [0.1, 0.15) is 17.4 Å². The third-order valence-corrected chi connectivity index (χ3v) is 2.85. The Balaban J connectivity index is 1.81. The van der Waals surface area contributed by atoms with Gasteiger partial charge in [-0.15, -0.1) is 0 Å². The summed E-state index contributed by atoms with van der Waals surface area (Å²) < 4.78 is 9.85. The fourth-order valence-corrected chi connectivity index (χ4v) is 1.83. The minimum Gasteiger partial charge on any atom is -0.461 e. The Bertz CT molecular complexity index is 468. The van der Waals surface area contributed by atoms with E-state index in [1.54, 1.807) is 11.8 Å². The SMILES string of the molecule is CCOC(=O)c1coc(NCC(=O)N2CCNCC2)n1. The second kappa shape index (κ2) is 6.90. The fourth-order valence-electron chi connectivity index (χ4n) is 1.83. The van der Waals surface area contributed by atoms with Gasteiger partial charge in [0.15, 0.2) is 5.69 Å². The molecule has 1 aliphatic heterocycles. The zero-order valence-corrected chi connectivity index (χ0v) is 11.3. The van der Waals surface area contributed by atoms with Crippen LogP contribution in [0.15, 0.2) is 10.7 Å². The lowest BCUT2D eigenvalue weighted by Gasteiger charge is -2.27. The molecule has 0 aliphatic carbocycles. The van der Waals surface area contributed by atoms with E-state index < -0.39 is 5.97 Å². The molecule has 0 bridgehead atoms. The number of esters is 1. The number of piperazine rings is 1. The lowest BCUT2D eigenvalue weighted by Crippen LogP contribution is -2.48. The maximum Gasteiger partial charge on any atom is 0.360 e. The number of oxazole rings is 1. The lowest BCUT2D eigenvalue weighted by molar-refractivity contribution is -0.129. The molecule has 1 amide bonds. The summed E-state index contributed by atoms with van der Waals surface area (Å²) in [4.78, 5) is 29.0. The molecule has 0 radical (unpaired) electrons. The van der Waals surface area contributed by atoms with E-state index in [1.807, 2.05) is 0 Å². The maximum atomic E-state index is 11.9. The average Bonchev–Trinajstić information content (AvgIpc) is 2.95. The van der Waals surface area contributed by atoms with Crippen molar-refractivity contribution in [3.63, 3.8) is 0 Å². The van der Waals surface area contributed by atoms with Crippen LogP contribution in [0.3, 0.4) is 0 Å². The molecule has 1 aliphatic rings. The number of nitrogens with one attached hydrogen (secondary N) is 2. The summed E-state index contributed by atoms with van der Waals surface area (Å²) in [6.45, 7) is 5.07. The van der Waals surface area contributed by atoms with Crippen LogP contribution < -0.4 is 10.6 Å². The topological polar surface area (TPSA) is 96.7 Å². The maximum absolute atomic E-state index is 11.9. The summed E-state index contributed by atoms with van der Waals surface area (Å²) in [5.74, 6) is -0.569. The van der Waals surface area contributed by atoms with Crippen LogP contribution in [0.2, 0.25) is 0 Å². The van der Waals surface area contributed by atoms with E-state index in [0.717, 1.165) is 13.1 Å². The van der Waals surface area contributed by atoms with Crippen LogP contribution in [0.4, 0.5) is 6.01 Å². The molecule has 2 N–H and O–H groups in total. The van der Waals surface area contributed by atoms with E-state index in [0.29, 0.717) is 13.1 Å². The van der Waals surface area contributed by atoms with E-state index in [2.05, 4.69) is 15.6 Å². The van der Waals surface area contributed by atoms with Gasteiger partial charge in [-0.1, -0.05) is 0 Å². The monoisotopic (exact) mass is 282 g/mol. The van der Waals surface area contributed by atoms with Gasteiger partial charge in [0, 0.05) is 26.2 Å². The van der Waals surface area contributed by atoms with Gasteiger partial charge >= 0.3 is 5.97 Å². The van der Waals surface area contributed by atoms with Crippen molar-refractivity contribution in [1.82, 2.24) is 15.2 Å². The number of hydrogen-bond donors (Lipinski definition) is 2. The largest absolute Gasteiger partial charge is 0.461 e. The van der Waals surface area contributed by atoms with Crippen molar-refractivity contribution in [2.75, 3.05) is 44.6 Å². The van der Waals surface area contributed by atoms with Gasteiger partial charge in [0.05, 0.1) is 13.2 Å². The quantitative estimate of drug-likeness (QED) is 0.715. The second-order valence-electron chi connectivity index (χ2n) is 4.24. The van der Waals surface area contributed by atoms with Crippen LogP contribution in [0, 0.1) is 0 Å². The highest BCUT2D eigenvalue weighted by Crippen LogP contribution is 2.08. The normalized spacial score (nSPS) is 14.9. The van der Waals surface area contributed by atoms with Gasteiger partial charge in [-0.2, -0.15) is 4.98 Å². The van der Waals surface area contributed by atoms with Crippen molar-refractivity contribution in [2.45, 2.75) is 6.92 Å². The van der Waals surface area contributed by atoms with Crippen molar-refractivity contribution in [3.8, 4) is 0 Å². The summed E-state index contributed by atoms with van der Waals surface area (Å²) in [6, 6.07) is 0.136. The van der Waals surface area contributed by atoms with Crippen molar-refractivity contribution >= 4 is 17.9 Å². The number of carbonyl (C=O) groups is 2. The van der Waals surface area contributed by atoms with E-state index in [9.17, 15) is 9.59 Å². The number of carbonyl (C=O) groups excluding carboxylic acids is 2. The Morgan fingerprint density at radius 1 is 1.50 bits per heavy atom. The number of aromatic nitrogens is 1. The van der Waals surface area contributed by atoms with Gasteiger partial charge in [-0.3, -0.25) is 4.79 Å². The van der Waals surface area contributed by atoms with Crippen molar-refractivity contribution < 1.29 is 18.7 Å². The molecule has 0 spiro atoms. The zero-order chi connectivity index (χ0) is 14.4. The summed E-state index contributed by atoms with van der Waals surface area (Å²) in [7, 11) is 0. The molecule has 20 heavy (non-hydrogen) atoms. The molecule has 2 heterocycles. The van der Waals surface area contributed by atoms with Crippen LogP contribution in [0.5, 0.6) is 0 Å². The Morgan fingerprint density at radius 2 is 2.25 bits per heavy atom. The molecule has 0 aromatic carbocycles. The molecule has 8 heteroatoms. The molecule has 0 saturated carbocycles. The minimum atomic E-state index is -0.544. The van der Waals surface area contributed by atoms with Crippen LogP contribution in [-0.2, 0) is 9.53 Å². The molecule has 2 rings (SSSR count). The minimum absolute atomic E-state index is 0.0256. The Hall–Kier alpha value is -2.09. The third kappa shape index (κ3) is 3.70. The smallest absolute Gasteiger partial charge is 0.360 e. The highest BCUT2D eigenvalue weighted by molar-refractivity contribution is 5.87. The standard InChI is InChI=1S/C12H18N4O4/c1-2-19-11(18)9-8-20-12(15-9)14-7-10(17)16-5-3-13-4-6-16/h8,13H,2-7H2,1H3,(H,14,15). The fraction of sp³-hybridized carbons (Fsp3) is 0.583. The van der Waals surface area contributed by atoms with E-state index in [1.165, 1.54) is 6.26 Å². The van der Waals surface area contributed by atoms with Gasteiger partial charge in [0.2, 0.25) is 5.91 Å². The summed E-state index contributed by atoms with van der Waals surface area (Å²) in [5.41, 5.74) is 0.0870. The van der Waals surface area contributed by atoms with Gasteiger partial charge in [0.25, 0.3) is 6.01 Å². The molecule has 0 unspecified atom stereocenters. The van der Waals surface area contributed by atoms with E-state index in [4.69, 9.17) is 9.15 Å². The highest BCUT2D eigenvalue weighted by atomic mass is 16.5. The molecule has 0 atom stereocenters. The van der Waals surface area contributed by atoms with Gasteiger partial charge in [-0.05, 0) is 6.92 Å². The first-order valence-corrected chi connectivity index (χ1v) is 6.55. The van der Waals surface area contributed by atoms with Crippen LogP contribution in [-0.4, -0.2) is 61.1 Å². The number of ether oxygens (including phenoxy) is 1. The zero-order valence-electron chi connectivity index (χ0n) is 11.3. The van der Waals surface area contributed by atoms with Crippen molar-refractivity contribution in [2.24, 2.45) is 0 Å². The number of rotatable bonds is 5. The highest BCUT2D eigenvalue weighted by Gasteiger charge is 2.17. The lowest BCUT2D eigenvalue weighted by atomic mass is 10.3. The van der Waals surface area contributed by atoms with Crippen LogP contribution in [0.25, 0.3) is 0 Å². The number of hydrogen-bond acceptors (Lipinski definition) is 7. The Kier molecular flexibility index (Phi) is 4.94. The number of anilines is 1. The predicted molar refractivity (Wildman–Crippen MR) is 70.4 cm³/mol. The van der Waals surface area contributed by atoms with Crippen molar-refractivity contribution in [1.29, 1.82) is 0 Å². The van der Waals surface area contributed by atoms with Gasteiger partial charge < -0.3 is 24.7 Å². The molecule has 1 aromatic rings. The summed E-state index contributed by atoms with van der Waals surface area (Å²) in [5, 5.41) is 5.94. The second-order valence-corrected chi connectivity index (χ2v) is 4.24. The molecular weight excluding hydrogens is 264 g/mol. The van der Waals surface area contributed by atoms with Gasteiger partial charge in [0.1, 0.15) is 6.26 Å². The number of amides is 1. The first-order chi connectivity index (χ1) is 9.70. The average molecular weight is 282 g/mol. The molecule has 1 fully saturated rings. The van der Waals surface area contributed by atoms with Crippen molar-refractivity contribution in [3.05, 3.63) is 12.0 Å². The predicted octanol–water partition coefficient (Wildman–Crippen LogP) is -0.305. The third-order valence-electron chi connectivity index (χ3n) is 2.85. The van der Waals surface area contributed by atoms with Crippen LogP contribution >= 0.6 is 0 Å². The van der Waals surface area contributed by atoms with E-state index in [-0.39, 0.29) is 30.8 Å². The molecule has 1 saturated heterocycles. The first-order valence-electron chi connectivity index (χ1n) is 6.55. The Labute approximate surface area is 116 Å². The Morgan fingerprint density at radius 3 is 2.95 bits per heavy atom. The summed E-state index contributed by atoms with van der Waals surface area (Å²) in [6.07, 6.45) is 1.20. The number of nitrogens with zero attached hydrogens (tertiary/aromatic N) is 2. The first kappa shape index (κ1) is 14.3. The molecule has 110 valence electrons.